The van der Waals surface area contributed by atoms with Crippen molar-refractivity contribution in [3.05, 3.63) is 54.6 Å². The van der Waals surface area contributed by atoms with Gasteiger partial charge in [0, 0.05) is 18.4 Å². The molecule has 4 nitrogen and oxygen atoms in total. The Morgan fingerprint density at radius 2 is 1.54 bits per heavy atom. The Balaban J connectivity index is 1.90. The summed E-state index contributed by atoms with van der Waals surface area (Å²) in [4.78, 5) is 23.4. The van der Waals surface area contributed by atoms with E-state index in [2.05, 4.69) is 0 Å². The average molecular weight is 326 g/mol. The fourth-order valence-corrected chi connectivity index (χ4v) is 2.25. The molecule has 0 fully saturated rings. The number of carbonyl (C=O) groups excluding carboxylic acids is 2. The Kier molecular flexibility index (Phi) is 7.02. The van der Waals surface area contributed by atoms with Gasteiger partial charge in [-0.25, -0.2) is 0 Å². The molecule has 126 valence electrons. The molecular weight excluding hydrogens is 304 g/mol. The molecule has 0 aromatic heterocycles. The van der Waals surface area contributed by atoms with Gasteiger partial charge >= 0.3 is 11.9 Å². The van der Waals surface area contributed by atoms with E-state index in [1.165, 1.54) is 0 Å². The molecule has 2 rings (SSSR count). The van der Waals surface area contributed by atoms with Gasteiger partial charge in [0.25, 0.3) is 0 Å². The van der Waals surface area contributed by atoms with Crippen molar-refractivity contribution in [3.63, 3.8) is 0 Å². The third-order valence-corrected chi connectivity index (χ3v) is 3.42. The van der Waals surface area contributed by atoms with E-state index in [1.807, 2.05) is 55.5 Å². The number of hydrogen-bond donors (Lipinski definition) is 0. The summed E-state index contributed by atoms with van der Waals surface area (Å²) in [6.07, 6.45) is 1.64. The van der Waals surface area contributed by atoms with E-state index in [0.29, 0.717) is 18.8 Å². The Morgan fingerprint density at radius 1 is 0.875 bits per heavy atom. The molecule has 0 aliphatic heterocycles. The highest BCUT2D eigenvalue weighted by molar-refractivity contribution is 5.78. The fourth-order valence-electron chi connectivity index (χ4n) is 2.25. The summed E-state index contributed by atoms with van der Waals surface area (Å²) < 4.78 is 10.4. The van der Waals surface area contributed by atoms with Crippen molar-refractivity contribution in [2.45, 2.75) is 32.6 Å². The van der Waals surface area contributed by atoms with Gasteiger partial charge in [-0.05, 0) is 24.5 Å². The topological polar surface area (TPSA) is 52.6 Å². The van der Waals surface area contributed by atoms with Gasteiger partial charge < -0.3 is 9.47 Å². The van der Waals surface area contributed by atoms with Gasteiger partial charge in [0.05, 0.1) is 6.61 Å². The minimum Gasteiger partial charge on any atom is -0.466 e. The number of benzene rings is 2. The standard InChI is InChI=1S/C20H22O4/c1-2-15-23-19(21)13-8-14-20(22)24-18-12-7-6-11-17(18)16-9-4-3-5-10-16/h3-7,9-12H,2,8,13-15H2,1H3. The summed E-state index contributed by atoms with van der Waals surface area (Å²) in [5.74, 6) is -0.0849. The zero-order valence-electron chi connectivity index (χ0n) is 13.9. The van der Waals surface area contributed by atoms with Crippen LogP contribution in [0, 0.1) is 0 Å². The quantitative estimate of drug-likeness (QED) is 0.533. The first-order valence-electron chi connectivity index (χ1n) is 8.21. The van der Waals surface area contributed by atoms with Crippen molar-refractivity contribution in [1.29, 1.82) is 0 Å². The molecule has 2 aromatic rings. The van der Waals surface area contributed by atoms with Crippen molar-refractivity contribution in [2.24, 2.45) is 0 Å². The van der Waals surface area contributed by atoms with Gasteiger partial charge in [-0.1, -0.05) is 55.5 Å². The molecule has 0 N–H and O–H groups in total. The van der Waals surface area contributed by atoms with Gasteiger partial charge in [-0.2, -0.15) is 0 Å². The number of ether oxygens (including phenoxy) is 2. The molecule has 0 unspecified atom stereocenters. The molecule has 0 heterocycles. The fraction of sp³-hybridized carbons (Fsp3) is 0.300. The highest BCUT2D eigenvalue weighted by Crippen LogP contribution is 2.29. The predicted molar refractivity (Wildman–Crippen MR) is 92.6 cm³/mol. The van der Waals surface area contributed by atoms with Crippen molar-refractivity contribution in [2.75, 3.05) is 6.61 Å². The molecule has 0 radical (unpaired) electrons. The second-order valence-corrected chi connectivity index (χ2v) is 5.41. The second kappa shape index (κ2) is 9.50. The minimum atomic E-state index is -0.346. The highest BCUT2D eigenvalue weighted by Gasteiger charge is 2.11. The van der Waals surface area contributed by atoms with Crippen molar-refractivity contribution in [3.8, 4) is 16.9 Å². The largest absolute Gasteiger partial charge is 0.466 e. The maximum Gasteiger partial charge on any atom is 0.311 e. The molecule has 0 spiro atoms. The first kappa shape index (κ1) is 17.7. The minimum absolute atomic E-state index is 0.185. The van der Waals surface area contributed by atoms with E-state index < -0.39 is 0 Å². The zero-order chi connectivity index (χ0) is 17.2. The number of carbonyl (C=O) groups is 2. The van der Waals surface area contributed by atoms with E-state index >= 15 is 0 Å². The van der Waals surface area contributed by atoms with Crippen LogP contribution in [0.4, 0.5) is 0 Å². The van der Waals surface area contributed by atoms with Crippen LogP contribution in [0.2, 0.25) is 0 Å². The highest BCUT2D eigenvalue weighted by atomic mass is 16.5. The average Bonchev–Trinajstić information content (AvgIpc) is 2.61. The first-order chi connectivity index (χ1) is 11.7. The summed E-state index contributed by atoms with van der Waals surface area (Å²) in [5.41, 5.74) is 1.86. The Bertz CT molecular complexity index is 664. The molecule has 4 heteroatoms. The van der Waals surface area contributed by atoms with Gasteiger partial charge in [0.15, 0.2) is 0 Å². The number of para-hydroxylation sites is 1. The van der Waals surface area contributed by atoms with Crippen LogP contribution in [0.3, 0.4) is 0 Å². The summed E-state index contributed by atoms with van der Waals surface area (Å²) in [7, 11) is 0. The molecular formula is C20H22O4. The van der Waals surface area contributed by atoms with Crippen molar-refractivity contribution in [1.82, 2.24) is 0 Å². The maximum absolute atomic E-state index is 12.0. The zero-order valence-corrected chi connectivity index (χ0v) is 13.9. The summed E-state index contributed by atoms with van der Waals surface area (Å²) in [6, 6.07) is 17.2. The van der Waals surface area contributed by atoms with E-state index in [1.54, 1.807) is 6.07 Å². The lowest BCUT2D eigenvalue weighted by atomic mass is 10.1. The Labute approximate surface area is 142 Å². The molecule has 0 saturated heterocycles. The van der Waals surface area contributed by atoms with Crippen LogP contribution in [0.25, 0.3) is 11.1 Å². The molecule has 0 saturated carbocycles. The third kappa shape index (κ3) is 5.54. The monoisotopic (exact) mass is 326 g/mol. The van der Waals surface area contributed by atoms with Crippen LogP contribution in [-0.2, 0) is 14.3 Å². The molecule has 0 aliphatic carbocycles. The lowest BCUT2D eigenvalue weighted by Crippen LogP contribution is -2.10. The lowest BCUT2D eigenvalue weighted by molar-refractivity contribution is -0.144. The number of esters is 2. The molecule has 0 amide bonds. The first-order valence-corrected chi connectivity index (χ1v) is 8.21. The second-order valence-electron chi connectivity index (χ2n) is 5.41. The van der Waals surface area contributed by atoms with Gasteiger partial charge in [-0.3, -0.25) is 9.59 Å². The van der Waals surface area contributed by atoms with E-state index in [-0.39, 0.29) is 24.8 Å². The third-order valence-electron chi connectivity index (χ3n) is 3.42. The van der Waals surface area contributed by atoms with Gasteiger partial charge in [0.2, 0.25) is 0 Å². The van der Waals surface area contributed by atoms with Crippen molar-refractivity contribution < 1.29 is 19.1 Å². The summed E-state index contributed by atoms with van der Waals surface area (Å²) in [6.45, 7) is 2.36. The summed E-state index contributed by atoms with van der Waals surface area (Å²) in [5, 5.41) is 0. The van der Waals surface area contributed by atoms with Crippen LogP contribution in [-0.4, -0.2) is 18.5 Å². The van der Waals surface area contributed by atoms with Crippen LogP contribution in [0.5, 0.6) is 5.75 Å². The normalized spacial score (nSPS) is 10.2. The number of hydrogen-bond acceptors (Lipinski definition) is 4. The van der Waals surface area contributed by atoms with E-state index in [0.717, 1.165) is 17.5 Å². The molecule has 0 bridgehead atoms. The maximum atomic E-state index is 12.0. The molecule has 0 aliphatic rings. The smallest absolute Gasteiger partial charge is 0.311 e. The lowest BCUT2D eigenvalue weighted by Gasteiger charge is -2.10. The van der Waals surface area contributed by atoms with Crippen LogP contribution >= 0.6 is 0 Å². The van der Waals surface area contributed by atoms with Gasteiger partial charge in [-0.15, -0.1) is 0 Å². The summed E-state index contributed by atoms with van der Waals surface area (Å²) >= 11 is 0. The Hall–Kier alpha value is -2.62. The predicted octanol–water partition coefficient (Wildman–Crippen LogP) is 4.38. The van der Waals surface area contributed by atoms with Crippen LogP contribution < -0.4 is 4.74 Å². The SMILES string of the molecule is CCCOC(=O)CCCC(=O)Oc1ccccc1-c1ccccc1. The van der Waals surface area contributed by atoms with Crippen LogP contribution in [0.1, 0.15) is 32.6 Å². The van der Waals surface area contributed by atoms with E-state index in [9.17, 15) is 9.59 Å². The van der Waals surface area contributed by atoms with E-state index in [4.69, 9.17) is 9.47 Å². The Morgan fingerprint density at radius 3 is 2.29 bits per heavy atom. The molecule has 2 aromatic carbocycles. The van der Waals surface area contributed by atoms with Crippen LogP contribution in [0.15, 0.2) is 54.6 Å². The van der Waals surface area contributed by atoms with Crippen molar-refractivity contribution >= 4 is 11.9 Å². The molecule has 0 atom stereocenters. The number of rotatable bonds is 8. The molecule has 24 heavy (non-hydrogen) atoms. The van der Waals surface area contributed by atoms with Gasteiger partial charge in [0.1, 0.15) is 5.75 Å².